The number of rotatable bonds is 8. The molecule has 0 bridgehead atoms. The number of aromatic nitrogens is 3. The molecule has 0 aliphatic carbocycles. The first kappa shape index (κ1) is 18.1. The highest BCUT2D eigenvalue weighted by Crippen LogP contribution is 2.38. The smallest absolute Gasteiger partial charge is 0.270 e. The standard InChI is InChI=1S/C20H20N4O6S/c1-27-14-6-4-7-15(28-2)19(14)31(25,26)23-20-18-16(29-3)10-13(11-17(18)30-22-20)12-24-9-5-8-21-24/h4-11H,12H2,1-3H3,(H,22,23)/i12D2. The van der Waals surface area contributed by atoms with Crippen molar-refractivity contribution in [2.75, 3.05) is 26.1 Å². The van der Waals surface area contributed by atoms with E-state index < -0.39 is 16.5 Å². The molecule has 0 fully saturated rings. The van der Waals surface area contributed by atoms with Gasteiger partial charge in [-0.05, 0) is 35.9 Å². The summed E-state index contributed by atoms with van der Waals surface area (Å²) in [5.74, 6) is 0.179. The SMILES string of the molecule is [2H]C([2H])(c1cc(OC)c2c(NS(=O)(=O)c3c(OC)cccc3OC)noc2c1)n1cccn1. The van der Waals surface area contributed by atoms with Crippen LogP contribution >= 0.6 is 0 Å². The number of fused-ring (bicyclic) bond motifs is 1. The second kappa shape index (κ2) is 8.19. The van der Waals surface area contributed by atoms with Crippen LogP contribution in [0.5, 0.6) is 17.2 Å². The molecule has 2 aromatic heterocycles. The van der Waals surface area contributed by atoms with Crippen LogP contribution in [0.25, 0.3) is 11.0 Å². The molecule has 4 rings (SSSR count). The average molecular weight is 446 g/mol. The van der Waals surface area contributed by atoms with E-state index in [2.05, 4.69) is 15.0 Å². The maximum atomic E-state index is 13.2. The first-order valence-corrected chi connectivity index (χ1v) is 10.4. The molecule has 162 valence electrons. The van der Waals surface area contributed by atoms with Crippen molar-refractivity contribution in [2.45, 2.75) is 11.4 Å². The molecule has 0 aliphatic heterocycles. The molecule has 2 heterocycles. The topological polar surface area (TPSA) is 118 Å². The number of hydrogen-bond donors (Lipinski definition) is 1. The maximum Gasteiger partial charge on any atom is 0.270 e. The number of nitrogens with one attached hydrogen (secondary N) is 1. The van der Waals surface area contributed by atoms with Crippen LogP contribution in [-0.2, 0) is 16.5 Å². The minimum atomic E-state index is -4.23. The van der Waals surface area contributed by atoms with Crippen LogP contribution in [0.4, 0.5) is 5.82 Å². The third-order valence-corrected chi connectivity index (χ3v) is 5.79. The number of hydrogen-bond acceptors (Lipinski definition) is 8. The van der Waals surface area contributed by atoms with E-state index in [1.54, 1.807) is 12.1 Å². The Bertz CT molecular complexity index is 1380. The average Bonchev–Trinajstić information content (AvgIpc) is 3.48. The van der Waals surface area contributed by atoms with Crippen LogP contribution in [0.2, 0.25) is 0 Å². The molecule has 1 N–H and O–H groups in total. The monoisotopic (exact) mass is 446 g/mol. The van der Waals surface area contributed by atoms with Crippen molar-refractivity contribution < 1.29 is 29.9 Å². The molecular weight excluding hydrogens is 424 g/mol. The molecule has 0 atom stereocenters. The zero-order chi connectivity index (χ0) is 23.8. The van der Waals surface area contributed by atoms with Gasteiger partial charge in [0.25, 0.3) is 10.0 Å². The molecule has 0 amide bonds. The highest BCUT2D eigenvalue weighted by Gasteiger charge is 2.28. The highest BCUT2D eigenvalue weighted by atomic mass is 32.2. The van der Waals surface area contributed by atoms with Gasteiger partial charge in [-0.3, -0.25) is 9.40 Å². The minimum absolute atomic E-state index is 0.0799. The van der Waals surface area contributed by atoms with E-state index >= 15 is 0 Å². The van der Waals surface area contributed by atoms with Crippen LogP contribution in [0.1, 0.15) is 8.30 Å². The molecule has 31 heavy (non-hydrogen) atoms. The number of benzene rings is 2. The lowest BCUT2D eigenvalue weighted by atomic mass is 10.1. The van der Waals surface area contributed by atoms with Gasteiger partial charge in [0.1, 0.15) is 22.6 Å². The van der Waals surface area contributed by atoms with Crippen molar-refractivity contribution in [2.24, 2.45) is 0 Å². The van der Waals surface area contributed by atoms with Gasteiger partial charge < -0.3 is 18.7 Å². The Morgan fingerprint density at radius 1 is 1.10 bits per heavy atom. The predicted octanol–water partition coefficient (Wildman–Crippen LogP) is 2.90. The van der Waals surface area contributed by atoms with E-state index in [-0.39, 0.29) is 44.5 Å². The summed E-state index contributed by atoms with van der Waals surface area (Å²) in [4.78, 5) is -0.211. The fourth-order valence-electron chi connectivity index (χ4n) is 3.06. The van der Waals surface area contributed by atoms with Crippen molar-refractivity contribution in [1.29, 1.82) is 0 Å². The molecule has 2 aromatic carbocycles. The van der Waals surface area contributed by atoms with Crippen LogP contribution < -0.4 is 18.9 Å². The van der Waals surface area contributed by atoms with Crippen LogP contribution in [0.3, 0.4) is 0 Å². The second-order valence-electron chi connectivity index (χ2n) is 6.24. The Morgan fingerprint density at radius 2 is 1.81 bits per heavy atom. The summed E-state index contributed by atoms with van der Waals surface area (Å²) in [6.07, 6.45) is 2.94. The first-order valence-electron chi connectivity index (χ1n) is 9.94. The summed E-state index contributed by atoms with van der Waals surface area (Å²) < 4.78 is 68.0. The van der Waals surface area contributed by atoms with Gasteiger partial charge in [0.05, 0.1) is 30.6 Å². The summed E-state index contributed by atoms with van der Waals surface area (Å²) in [5.41, 5.74) is 0.289. The van der Waals surface area contributed by atoms with Crippen LogP contribution in [0.15, 0.2) is 58.2 Å². The number of anilines is 1. The number of nitrogens with zero attached hydrogens (tertiary/aromatic N) is 3. The zero-order valence-corrected chi connectivity index (χ0v) is 17.6. The number of sulfonamides is 1. The zero-order valence-electron chi connectivity index (χ0n) is 18.8. The van der Waals surface area contributed by atoms with Gasteiger partial charge in [-0.15, -0.1) is 0 Å². The molecule has 0 radical (unpaired) electrons. The van der Waals surface area contributed by atoms with Crippen molar-refractivity contribution in [3.05, 3.63) is 54.4 Å². The molecule has 10 nitrogen and oxygen atoms in total. The second-order valence-corrected chi connectivity index (χ2v) is 7.86. The van der Waals surface area contributed by atoms with Gasteiger partial charge in [-0.1, -0.05) is 11.2 Å². The first-order chi connectivity index (χ1) is 15.7. The fraction of sp³-hybridized carbons (Fsp3) is 0.200. The number of methoxy groups -OCH3 is 3. The third kappa shape index (κ3) is 3.87. The Balaban J connectivity index is 1.81. The third-order valence-electron chi connectivity index (χ3n) is 4.39. The van der Waals surface area contributed by atoms with Crippen molar-refractivity contribution >= 4 is 26.8 Å². The van der Waals surface area contributed by atoms with E-state index in [1.807, 2.05) is 0 Å². The van der Waals surface area contributed by atoms with Crippen LogP contribution in [-0.4, -0.2) is 44.7 Å². The van der Waals surface area contributed by atoms with Crippen molar-refractivity contribution in [1.82, 2.24) is 14.9 Å². The normalized spacial score (nSPS) is 12.9. The van der Waals surface area contributed by atoms with Gasteiger partial charge in [0, 0.05) is 12.4 Å². The molecule has 0 unspecified atom stereocenters. The van der Waals surface area contributed by atoms with Gasteiger partial charge in [-0.25, -0.2) is 8.42 Å². The van der Waals surface area contributed by atoms with Gasteiger partial charge in [0.2, 0.25) is 0 Å². The predicted molar refractivity (Wildman–Crippen MR) is 112 cm³/mol. The van der Waals surface area contributed by atoms with Gasteiger partial charge >= 0.3 is 0 Å². The summed E-state index contributed by atoms with van der Waals surface area (Å²) in [5, 5.41) is 8.02. The van der Waals surface area contributed by atoms with Gasteiger partial charge in [0.15, 0.2) is 16.3 Å². The highest BCUT2D eigenvalue weighted by molar-refractivity contribution is 7.93. The van der Waals surface area contributed by atoms with E-state index in [0.29, 0.717) is 0 Å². The molecule has 0 spiro atoms. The Morgan fingerprint density at radius 3 is 2.42 bits per heavy atom. The fourth-order valence-corrected chi connectivity index (χ4v) is 4.39. The van der Waals surface area contributed by atoms with Crippen molar-refractivity contribution in [3.63, 3.8) is 0 Å². The van der Waals surface area contributed by atoms with E-state index in [0.717, 1.165) is 4.68 Å². The van der Waals surface area contributed by atoms with E-state index in [9.17, 15) is 8.42 Å². The summed E-state index contributed by atoms with van der Waals surface area (Å²) in [6.45, 7) is -2.03. The quantitative estimate of drug-likeness (QED) is 0.439. The Labute approximate surface area is 181 Å². The molecular formula is C20H20N4O6S. The van der Waals surface area contributed by atoms with E-state index in [4.69, 9.17) is 21.5 Å². The minimum Gasteiger partial charge on any atom is -0.496 e. The van der Waals surface area contributed by atoms with Gasteiger partial charge in [-0.2, -0.15) is 5.10 Å². The molecule has 4 aromatic rings. The lowest BCUT2D eigenvalue weighted by Crippen LogP contribution is -2.15. The summed E-state index contributed by atoms with van der Waals surface area (Å²) >= 11 is 0. The Kier molecular flexibility index (Phi) is 4.77. The maximum absolute atomic E-state index is 13.2. The van der Waals surface area contributed by atoms with Crippen molar-refractivity contribution in [3.8, 4) is 17.2 Å². The largest absolute Gasteiger partial charge is 0.496 e. The lowest BCUT2D eigenvalue weighted by molar-refractivity contribution is 0.373. The molecule has 0 saturated carbocycles. The number of ether oxygens (including phenoxy) is 3. The molecule has 0 aliphatic rings. The Hall–Kier alpha value is -3.73. The van der Waals surface area contributed by atoms with Crippen LogP contribution in [0, 0.1) is 0 Å². The summed E-state index contributed by atoms with van der Waals surface area (Å²) in [7, 11) is -0.165. The molecule has 11 heteroatoms. The van der Waals surface area contributed by atoms with E-state index in [1.165, 1.54) is 58.0 Å². The molecule has 0 saturated heterocycles. The lowest BCUT2D eigenvalue weighted by Gasteiger charge is -2.14. The summed E-state index contributed by atoms with van der Waals surface area (Å²) in [6, 6.07) is 9.02.